The van der Waals surface area contributed by atoms with Gasteiger partial charge in [0.15, 0.2) is 6.10 Å². The van der Waals surface area contributed by atoms with Crippen molar-refractivity contribution in [2.75, 3.05) is 5.32 Å². The Morgan fingerprint density at radius 3 is 2.52 bits per heavy atom. The van der Waals surface area contributed by atoms with E-state index in [9.17, 15) is 14.0 Å². The summed E-state index contributed by atoms with van der Waals surface area (Å²) in [5, 5.41) is 2.97. The molecule has 0 fully saturated rings. The quantitative estimate of drug-likeness (QED) is 0.831. The van der Waals surface area contributed by atoms with Gasteiger partial charge in [-0.15, -0.1) is 0 Å². The lowest BCUT2D eigenvalue weighted by molar-refractivity contribution is -0.123. The number of ether oxygens (including phenoxy) is 1. The van der Waals surface area contributed by atoms with Crippen LogP contribution in [0.15, 0.2) is 42.5 Å². The molecule has 0 heterocycles. The van der Waals surface area contributed by atoms with Crippen molar-refractivity contribution in [2.45, 2.75) is 13.0 Å². The van der Waals surface area contributed by atoms with Crippen molar-refractivity contribution in [3.05, 3.63) is 63.9 Å². The highest BCUT2D eigenvalue weighted by atomic mass is 35.5. The Balaban J connectivity index is 2.00. The summed E-state index contributed by atoms with van der Waals surface area (Å²) in [4.78, 5) is 23.9. The first-order chi connectivity index (χ1) is 10.9. The molecule has 1 N–H and O–H groups in total. The summed E-state index contributed by atoms with van der Waals surface area (Å²) in [7, 11) is 0. The number of carbonyl (C=O) groups is 2. The van der Waals surface area contributed by atoms with Gasteiger partial charge in [0.05, 0.1) is 15.6 Å². The van der Waals surface area contributed by atoms with Gasteiger partial charge in [0.25, 0.3) is 5.91 Å². The van der Waals surface area contributed by atoms with Crippen LogP contribution in [0.5, 0.6) is 0 Å². The molecule has 0 aromatic heterocycles. The zero-order valence-electron chi connectivity index (χ0n) is 12.0. The van der Waals surface area contributed by atoms with E-state index >= 15 is 0 Å². The Kier molecular flexibility index (Phi) is 5.58. The van der Waals surface area contributed by atoms with Crippen molar-refractivity contribution >= 4 is 40.8 Å². The van der Waals surface area contributed by atoms with Gasteiger partial charge in [-0.05, 0) is 43.3 Å². The molecule has 0 aliphatic heterocycles. The highest BCUT2D eigenvalue weighted by Gasteiger charge is 2.19. The number of rotatable bonds is 4. The monoisotopic (exact) mass is 355 g/mol. The first-order valence-corrected chi connectivity index (χ1v) is 7.35. The molecule has 0 unspecified atom stereocenters. The Morgan fingerprint density at radius 1 is 1.13 bits per heavy atom. The van der Waals surface area contributed by atoms with E-state index in [1.165, 1.54) is 43.3 Å². The average Bonchev–Trinajstić information content (AvgIpc) is 2.49. The molecule has 2 aromatic carbocycles. The van der Waals surface area contributed by atoms with Crippen LogP contribution < -0.4 is 5.32 Å². The molecule has 120 valence electrons. The van der Waals surface area contributed by atoms with Crippen LogP contribution in [0, 0.1) is 5.82 Å². The predicted molar refractivity (Wildman–Crippen MR) is 86.4 cm³/mol. The van der Waals surface area contributed by atoms with E-state index in [-0.39, 0.29) is 16.3 Å². The van der Waals surface area contributed by atoms with Crippen LogP contribution in [0.3, 0.4) is 0 Å². The lowest BCUT2D eigenvalue weighted by Crippen LogP contribution is -2.30. The molecule has 0 aliphatic rings. The van der Waals surface area contributed by atoms with Crippen LogP contribution >= 0.6 is 23.2 Å². The van der Waals surface area contributed by atoms with Gasteiger partial charge in [0.1, 0.15) is 5.82 Å². The second-order valence-electron chi connectivity index (χ2n) is 4.68. The molecular formula is C16H12Cl2FNO3. The molecule has 23 heavy (non-hydrogen) atoms. The molecular weight excluding hydrogens is 344 g/mol. The summed E-state index contributed by atoms with van der Waals surface area (Å²) >= 11 is 11.6. The molecule has 0 spiro atoms. The number of benzene rings is 2. The van der Waals surface area contributed by atoms with Crippen LogP contribution in [0.1, 0.15) is 17.3 Å². The standard InChI is InChI=1S/C16H12Cl2FNO3/c1-9(15(21)20-12-4-2-3-11(19)8-12)23-16(22)10-5-6-13(17)14(18)7-10/h2-9H,1H3,(H,20,21)/t9-/m0/s1. The number of halogens is 3. The fraction of sp³-hybridized carbons (Fsp3) is 0.125. The van der Waals surface area contributed by atoms with Crippen LogP contribution in [0.2, 0.25) is 10.0 Å². The highest BCUT2D eigenvalue weighted by Crippen LogP contribution is 2.23. The maximum atomic E-state index is 13.1. The molecule has 0 saturated heterocycles. The molecule has 1 amide bonds. The third-order valence-electron chi connectivity index (χ3n) is 2.90. The molecule has 1 atom stereocenters. The number of hydrogen-bond acceptors (Lipinski definition) is 3. The zero-order valence-corrected chi connectivity index (χ0v) is 13.5. The van der Waals surface area contributed by atoms with E-state index in [1.54, 1.807) is 0 Å². The van der Waals surface area contributed by atoms with Crippen molar-refractivity contribution in [2.24, 2.45) is 0 Å². The van der Waals surface area contributed by atoms with E-state index in [4.69, 9.17) is 27.9 Å². The first kappa shape index (κ1) is 17.2. The van der Waals surface area contributed by atoms with Crippen molar-refractivity contribution in [1.29, 1.82) is 0 Å². The van der Waals surface area contributed by atoms with E-state index in [0.29, 0.717) is 5.02 Å². The number of anilines is 1. The van der Waals surface area contributed by atoms with E-state index in [0.717, 1.165) is 6.07 Å². The summed E-state index contributed by atoms with van der Waals surface area (Å²) < 4.78 is 18.1. The minimum absolute atomic E-state index is 0.171. The average molecular weight is 356 g/mol. The number of amides is 1. The van der Waals surface area contributed by atoms with Gasteiger partial charge >= 0.3 is 5.97 Å². The third kappa shape index (κ3) is 4.68. The number of carbonyl (C=O) groups excluding carboxylic acids is 2. The van der Waals surface area contributed by atoms with Gasteiger partial charge in [0, 0.05) is 5.69 Å². The third-order valence-corrected chi connectivity index (χ3v) is 3.64. The van der Waals surface area contributed by atoms with Crippen molar-refractivity contribution < 1.29 is 18.7 Å². The van der Waals surface area contributed by atoms with E-state index in [1.807, 2.05) is 0 Å². The van der Waals surface area contributed by atoms with Gasteiger partial charge in [-0.2, -0.15) is 0 Å². The molecule has 0 aliphatic carbocycles. The van der Waals surface area contributed by atoms with Gasteiger partial charge in [-0.3, -0.25) is 4.79 Å². The minimum Gasteiger partial charge on any atom is -0.449 e. The lowest BCUT2D eigenvalue weighted by Gasteiger charge is -2.13. The Morgan fingerprint density at radius 2 is 1.87 bits per heavy atom. The first-order valence-electron chi connectivity index (χ1n) is 6.59. The fourth-order valence-electron chi connectivity index (χ4n) is 1.72. The van der Waals surface area contributed by atoms with Gasteiger partial charge in [-0.25, -0.2) is 9.18 Å². The van der Waals surface area contributed by atoms with Crippen molar-refractivity contribution in [1.82, 2.24) is 0 Å². The molecule has 2 aromatic rings. The molecule has 0 saturated carbocycles. The second kappa shape index (κ2) is 7.44. The number of hydrogen-bond donors (Lipinski definition) is 1. The summed E-state index contributed by atoms with van der Waals surface area (Å²) in [6.07, 6.45) is -1.07. The van der Waals surface area contributed by atoms with Crippen molar-refractivity contribution in [3.8, 4) is 0 Å². The van der Waals surface area contributed by atoms with Crippen LogP contribution in [0.4, 0.5) is 10.1 Å². The predicted octanol–water partition coefficient (Wildman–Crippen LogP) is 4.32. The summed E-state index contributed by atoms with van der Waals surface area (Å²) in [6.45, 7) is 1.41. The van der Waals surface area contributed by atoms with Gasteiger partial charge < -0.3 is 10.1 Å². The maximum Gasteiger partial charge on any atom is 0.338 e. The van der Waals surface area contributed by atoms with Gasteiger partial charge in [-0.1, -0.05) is 29.3 Å². The largest absolute Gasteiger partial charge is 0.449 e. The molecule has 7 heteroatoms. The summed E-state index contributed by atoms with van der Waals surface area (Å²) in [6, 6.07) is 9.63. The van der Waals surface area contributed by atoms with E-state index < -0.39 is 23.8 Å². The topological polar surface area (TPSA) is 55.4 Å². The second-order valence-corrected chi connectivity index (χ2v) is 5.49. The Hall–Kier alpha value is -2.11. The molecule has 2 rings (SSSR count). The molecule has 4 nitrogen and oxygen atoms in total. The minimum atomic E-state index is -1.07. The van der Waals surface area contributed by atoms with Crippen molar-refractivity contribution in [3.63, 3.8) is 0 Å². The van der Waals surface area contributed by atoms with Crippen LogP contribution in [-0.4, -0.2) is 18.0 Å². The summed E-state index contributed by atoms with van der Waals surface area (Å²) in [5.41, 5.74) is 0.442. The van der Waals surface area contributed by atoms with E-state index in [2.05, 4.69) is 5.32 Å². The highest BCUT2D eigenvalue weighted by molar-refractivity contribution is 6.42. The number of nitrogens with one attached hydrogen (secondary N) is 1. The Bertz CT molecular complexity index is 752. The van der Waals surface area contributed by atoms with Crippen LogP contribution in [-0.2, 0) is 9.53 Å². The SMILES string of the molecule is C[C@H](OC(=O)c1ccc(Cl)c(Cl)c1)C(=O)Nc1cccc(F)c1. The molecule has 0 radical (unpaired) electrons. The lowest BCUT2D eigenvalue weighted by atomic mass is 10.2. The normalized spacial score (nSPS) is 11.7. The number of esters is 1. The van der Waals surface area contributed by atoms with Crippen LogP contribution in [0.25, 0.3) is 0 Å². The smallest absolute Gasteiger partial charge is 0.338 e. The Labute approximate surface area is 142 Å². The maximum absolute atomic E-state index is 13.1. The fourth-order valence-corrected chi connectivity index (χ4v) is 2.01. The zero-order chi connectivity index (χ0) is 17.0. The van der Waals surface area contributed by atoms with Gasteiger partial charge in [0.2, 0.25) is 0 Å². The molecule has 0 bridgehead atoms. The summed E-state index contributed by atoms with van der Waals surface area (Å²) in [5.74, 6) is -1.78.